The minimum absolute atomic E-state index is 0.835. The smallest absolute Gasteiger partial charge is 0.183 e. The monoisotopic (exact) mass is 362 g/mol. The summed E-state index contributed by atoms with van der Waals surface area (Å²) < 4.78 is 7.63. The molecule has 0 saturated heterocycles. The van der Waals surface area contributed by atoms with Crippen LogP contribution < -0.4 is 10.1 Å². The van der Waals surface area contributed by atoms with Gasteiger partial charge in [0.05, 0.1) is 17.3 Å². The Morgan fingerprint density at radius 2 is 2.10 bits per heavy atom. The molecule has 0 amide bonds. The maximum atomic E-state index is 5.36. The van der Waals surface area contributed by atoms with Crippen LogP contribution in [0.4, 0.5) is 5.13 Å². The van der Waals surface area contributed by atoms with E-state index >= 15 is 0 Å². The molecule has 21 heavy (non-hydrogen) atoms. The van der Waals surface area contributed by atoms with Gasteiger partial charge in [-0.3, -0.25) is 0 Å². The van der Waals surface area contributed by atoms with Gasteiger partial charge in [-0.1, -0.05) is 45.5 Å². The quantitative estimate of drug-likeness (QED) is 0.712. The number of para-hydroxylation sites is 1. The van der Waals surface area contributed by atoms with E-state index in [1.165, 1.54) is 10.3 Å². The van der Waals surface area contributed by atoms with Crippen molar-refractivity contribution < 1.29 is 4.74 Å². The molecule has 0 bridgehead atoms. The number of nitrogens with zero attached hydrogens (tertiary/aromatic N) is 1. The minimum Gasteiger partial charge on any atom is -0.496 e. The van der Waals surface area contributed by atoms with Gasteiger partial charge in [-0.05, 0) is 36.2 Å². The summed E-state index contributed by atoms with van der Waals surface area (Å²) in [6.45, 7) is 0.835. The van der Waals surface area contributed by atoms with Crippen LogP contribution in [0.5, 0.6) is 5.75 Å². The second-order valence-corrected chi connectivity index (χ2v) is 6.57. The lowest BCUT2D eigenvalue weighted by Crippen LogP contribution is -2.05. The Hall–Kier alpha value is -1.59. The number of halogens is 1. The van der Waals surface area contributed by atoms with E-state index in [1.807, 2.05) is 30.3 Å². The molecule has 0 aliphatic rings. The number of rotatable bonds is 5. The zero-order chi connectivity index (χ0) is 14.7. The van der Waals surface area contributed by atoms with Crippen LogP contribution in [0, 0.1) is 0 Å². The molecule has 0 unspecified atom stereocenters. The lowest BCUT2D eigenvalue weighted by Gasteiger charge is -2.08. The first-order valence-electron chi connectivity index (χ1n) is 6.68. The number of benzene rings is 2. The van der Waals surface area contributed by atoms with Gasteiger partial charge in [-0.2, -0.15) is 0 Å². The van der Waals surface area contributed by atoms with Gasteiger partial charge in [0.2, 0.25) is 0 Å². The molecule has 0 radical (unpaired) electrons. The van der Waals surface area contributed by atoms with Crippen molar-refractivity contribution in [1.29, 1.82) is 0 Å². The van der Waals surface area contributed by atoms with Crippen LogP contribution in [0.25, 0.3) is 10.2 Å². The van der Waals surface area contributed by atoms with Crippen molar-refractivity contribution in [3.63, 3.8) is 0 Å². The van der Waals surface area contributed by atoms with E-state index in [2.05, 4.69) is 38.4 Å². The molecule has 2 aromatic carbocycles. The highest BCUT2D eigenvalue weighted by Gasteiger charge is 2.05. The zero-order valence-electron chi connectivity index (χ0n) is 11.6. The minimum atomic E-state index is 0.835. The summed E-state index contributed by atoms with van der Waals surface area (Å²) in [6.07, 6.45) is 0.906. The number of thiazole rings is 1. The van der Waals surface area contributed by atoms with Gasteiger partial charge in [0.1, 0.15) is 5.75 Å². The van der Waals surface area contributed by atoms with Crippen LogP contribution in [0.15, 0.2) is 46.9 Å². The maximum absolute atomic E-state index is 5.36. The van der Waals surface area contributed by atoms with E-state index in [4.69, 9.17) is 4.74 Å². The lowest BCUT2D eigenvalue weighted by molar-refractivity contribution is 0.410. The van der Waals surface area contributed by atoms with Crippen LogP contribution in [-0.4, -0.2) is 18.6 Å². The third-order valence-corrected chi connectivity index (χ3v) is 4.68. The van der Waals surface area contributed by atoms with E-state index < -0.39 is 0 Å². The first kappa shape index (κ1) is 14.4. The summed E-state index contributed by atoms with van der Waals surface area (Å²) in [5.74, 6) is 0.938. The van der Waals surface area contributed by atoms with Gasteiger partial charge in [0.15, 0.2) is 5.13 Å². The maximum Gasteiger partial charge on any atom is 0.183 e. The Labute approximate surface area is 136 Å². The molecule has 108 valence electrons. The van der Waals surface area contributed by atoms with E-state index in [9.17, 15) is 0 Å². The standard InChI is InChI=1S/C16H15BrN2OS/c1-20-14-5-3-2-4-11(14)8-9-18-16-19-13-7-6-12(17)10-15(13)21-16/h2-7,10H,8-9H2,1H3,(H,18,19). The van der Waals surface area contributed by atoms with Gasteiger partial charge in [0, 0.05) is 11.0 Å². The Kier molecular flexibility index (Phi) is 4.41. The average Bonchev–Trinajstić information content (AvgIpc) is 2.89. The highest BCUT2D eigenvalue weighted by atomic mass is 79.9. The normalized spacial score (nSPS) is 10.8. The van der Waals surface area contributed by atoms with Crippen LogP contribution in [0.2, 0.25) is 0 Å². The SMILES string of the molecule is COc1ccccc1CCNc1nc2ccc(Br)cc2s1. The summed E-state index contributed by atoms with van der Waals surface area (Å²) in [5, 5.41) is 4.35. The number of aromatic nitrogens is 1. The van der Waals surface area contributed by atoms with Crippen LogP contribution in [0.3, 0.4) is 0 Å². The molecule has 1 aromatic heterocycles. The topological polar surface area (TPSA) is 34.1 Å². The number of nitrogens with one attached hydrogen (secondary N) is 1. The molecule has 1 heterocycles. The molecule has 0 aliphatic heterocycles. The number of ether oxygens (including phenoxy) is 1. The first-order chi connectivity index (χ1) is 10.3. The highest BCUT2D eigenvalue weighted by Crippen LogP contribution is 2.28. The zero-order valence-corrected chi connectivity index (χ0v) is 14.0. The van der Waals surface area contributed by atoms with Crippen LogP contribution in [0.1, 0.15) is 5.56 Å². The Morgan fingerprint density at radius 3 is 2.95 bits per heavy atom. The van der Waals surface area contributed by atoms with Gasteiger partial charge >= 0.3 is 0 Å². The summed E-state index contributed by atoms with van der Waals surface area (Å²) in [5.41, 5.74) is 2.24. The Bertz CT molecular complexity index is 757. The van der Waals surface area contributed by atoms with Gasteiger partial charge < -0.3 is 10.1 Å². The summed E-state index contributed by atoms with van der Waals surface area (Å²) in [6, 6.07) is 14.2. The molecule has 0 aliphatic carbocycles. The molecule has 0 saturated carbocycles. The molecule has 5 heteroatoms. The number of anilines is 1. The van der Waals surface area contributed by atoms with E-state index in [0.29, 0.717) is 0 Å². The van der Waals surface area contributed by atoms with Crippen molar-refractivity contribution in [1.82, 2.24) is 4.98 Å². The van der Waals surface area contributed by atoms with Gasteiger partial charge in [-0.25, -0.2) is 4.98 Å². The number of fused-ring (bicyclic) bond motifs is 1. The number of hydrogen-bond acceptors (Lipinski definition) is 4. The fourth-order valence-electron chi connectivity index (χ4n) is 2.19. The van der Waals surface area contributed by atoms with E-state index in [-0.39, 0.29) is 0 Å². The molecule has 0 spiro atoms. The Balaban J connectivity index is 1.66. The number of methoxy groups -OCH3 is 1. The first-order valence-corrected chi connectivity index (χ1v) is 8.29. The molecule has 3 rings (SSSR count). The van der Waals surface area contributed by atoms with Gasteiger partial charge in [-0.15, -0.1) is 0 Å². The predicted octanol–water partition coefficient (Wildman–Crippen LogP) is 4.72. The van der Waals surface area contributed by atoms with E-state index in [0.717, 1.165) is 33.8 Å². The molecular weight excluding hydrogens is 348 g/mol. The number of hydrogen-bond donors (Lipinski definition) is 1. The lowest BCUT2D eigenvalue weighted by atomic mass is 10.1. The largest absolute Gasteiger partial charge is 0.496 e. The summed E-state index contributed by atoms with van der Waals surface area (Å²) in [4.78, 5) is 4.58. The molecule has 3 nitrogen and oxygen atoms in total. The fourth-order valence-corrected chi connectivity index (χ4v) is 3.63. The van der Waals surface area contributed by atoms with Gasteiger partial charge in [0.25, 0.3) is 0 Å². The molecule has 3 aromatic rings. The molecule has 0 fully saturated rings. The van der Waals surface area contributed by atoms with Crippen LogP contribution >= 0.6 is 27.3 Å². The Morgan fingerprint density at radius 1 is 1.24 bits per heavy atom. The third-order valence-electron chi connectivity index (χ3n) is 3.21. The van der Waals surface area contributed by atoms with E-state index in [1.54, 1.807) is 18.4 Å². The van der Waals surface area contributed by atoms with Crippen molar-refractivity contribution in [2.45, 2.75) is 6.42 Å². The van der Waals surface area contributed by atoms with Crippen molar-refractivity contribution in [3.05, 3.63) is 52.5 Å². The average molecular weight is 363 g/mol. The predicted molar refractivity (Wildman–Crippen MR) is 92.5 cm³/mol. The highest BCUT2D eigenvalue weighted by molar-refractivity contribution is 9.10. The third kappa shape index (κ3) is 3.36. The molecule has 1 N–H and O–H groups in total. The summed E-state index contributed by atoms with van der Waals surface area (Å²) >= 11 is 5.16. The second-order valence-electron chi connectivity index (χ2n) is 4.62. The fraction of sp³-hybridized carbons (Fsp3) is 0.188. The van der Waals surface area contributed by atoms with Crippen molar-refractivity contribution in [3.8, 4) is 5.75 Å². The van der Waals surface area contributed by atoms with Crippen molar-refractivity contribution in [2.75, 3.05) is 19.0 Å². The van der Waals surface area contributed by atoms with Crippen LogP contribution in [-0.2, 0) is 6.42 Å². The second kappa shape index (κ2) is 6.45. The molecular formula is C16H15BrN2OS. The van der Waals surface area contributed by atoms with Crippen molar-refractivity contribution >= 4 is 42.6 Å². The van der Waals surface area contributed by atoms with Crippen molar-refractivity contribution in [2.24, 2.45) is 0 Å². The summed E-state index contributed by atoms with van der Waals surface area (Å²) in [7, 11) is 1.71. The molecule has 0 atom stereocenters.